The summed E-state index contributed by atoms with van der Waals surface area (Å²) in [5.74, 6) is -2.76. The molecule has 2 fully saturated rings. The highest BCUT2D eigenvalue weighted by Crippen LogP contribution is 2.58. The van der Waals surface area contributed by atoms with Crippen molar-refractivity contribution >= 4 is 34.7 Å². The van der Waals surface area contributed by atoms with Gasteiger partial charge in [0.2, 0.25) is 0 Å². The molecule has 4 rings (SSSR count). The smallest absolute Gasteiger partial charge is 0.338 e. The minimum Gasteiger partial charge on any atom is -0.462 e. The summed E-state index contributed by atoms with van der Waals surface area (Å²) in [6.07, 6.45) is 0.727. The second kappa shape index (κ2) is 11.1. The van der Waals surface area contributed by atoms with Crippen molar-refractivity contribution in [2.24, 2.45) is 11.3 Å². The number of rotatable bonds is 9. The van der Waals surface area contributed by atoms with Crippen LogP contribution in [0.3, 0.4) is 0 Å². The Hall–Kier alpha value is -5.06. The van der Waals surface area contributed by atoms with Gasteiger partial charge in [0.05, 0.1) is 55.2 Å². The lowest BCUT2D eigenvalue weighted by Gasteiger charge is -2.50. The lowest BCUT2D eigenvalue weighted by molar-refractivity contribution is -0.394. The van der Waals surface area contributed by atoms with Gasteiger partial charge in [-0.3, -0.25) is 40.5 Å². The third-order valence-corrected chi connectivity index (χ3v) is 8.20. The predicted molar refractivity (Wildman–Crippen MR) is 139 cm³/mol. The summed E-state index contributed by atoms with van der Waals surface area (Å²) in [4.78, 5) is 66.9. The number of carbonyl (C=O) groups is 2. The average molecular weight is 588 g/mol. The van der Waals surface area contributed by atoms with E-state index in [9.17, 15) is 55.2 Å². The van der Waals surface area contributed by atoms with E-state index in [1.54, 1.807) is 6.92 Å². The largest absolute Gasteiger partial charge is 0.462 e. The van der Waals surface area contributed by atoms with E-state index in [0.717, 1.165) is 24.3 Å². The van der Waals surface area contributed by atoms with Crippen molar-refractivity contribution < 1.29 is 43.9 Å². The van der Waals surface area contributed by atoms with Gasteiger partial charge in [0, 0.05) is 35.6 Å². The summed E-state index contributed by atoms with van der Waals surface area (Å²) in [5, 5.41) is 56.5. The molecular weight excluding hydrogens is 564 g/mol. The third kappa shape index (κ3) is 5.45. The van der Waals surface area contributed by atoms with Crippen molar-refractivity contribution in [3.63, 3.8) is 0 Å². The van der Waals surface area contributed by atoms with Gasteiger partial charge in [0.15, 0.2) is 0 Å². The normalized spacial score (nSPS) is 24.7. The topological polar surface area (TPSA) is 245 Å². The molecule has 0 amide bonds. The number of ether oxygens (including phenoxy) is 2. The Labute approximate surface area is 235 Å². The number of fused-ring (bicyclic) bond motifs is 1. The molecule has 2 saturated carbocycles. The molecule has 17 heteroatoms. The zero-order chi connectivity index (χ0) is 31.0. The van der Waals surface area contributed by atoms with Gasteiger partial charge < -0.3 is 14.6 Å². The van der Waals surface area contributed by atoms with Crippen LogP contribution >= 0.6 is 0 Å². The summed E-state index contributed by atoms with van der Waals surface area (Å²) >= 11 is 0. The summed E-state index contributed by atoms with van der Waals surface area (Å²) in [5.41, 5.74) is -6.04. The number of esters is 2. The first-order valence-electron chi connectivity index (χ1n) is 12.6. The second-order valence-corrected chi connectivity index (χ2v) is 10.5. The van der Waals surface area contributed by atoms with E-state index in [1.165, 1.54) is 0 Å². The number of nitro benzene ring substituents is 4. The standard InChI is InChI=1S/C25H24N4O13/c1-24-6-4-16(13-41-22(30)14-7-17(26(33)34)11-18(8-14)27(35)36)25(24,32)5-2-3-21(24)42-23(31)15-9-19(28(37)38)12-20(10-15)29(39)40/h7-12,16,21,32H,2-6,13H2,1H3/t16-,21-,24-,25+/m1/s1. The molecule has 17 nitrogen and oxygen atoms in total. The molecule has 0 saturated heterocycles. The predicted octanol–water partition coefficient (Wildman–Crippen LogP) is 4.03. The average Bonchev–Trinajstić information content (AvgIpc) is 3.21. The molecule has 2 aliphatic carbocycles. The Kier molecular flexibility index (Phi) is 7.89. The van der Waals surface area contributed by atoms with Crippen LogP contribution in [0.4, 0.5) is 22.7 Å². The van der Waals surface area contributed by atoms with Crippen molar-refractivity contribution in [1.29, 1.82) is 0 Å². The van der Waals surface area contributed by atoms with Crippen LogP contribution in [0.15, 0.2) is 36.4 Å². The number of hydrogen-bond donors (Lipinski definition) is 1. The fourth-order valence-electron chi connectivity index (χ4n) is 5.92. The number of nitrogens with zero attached hydrogens (tertiary/aromatic N) is 4. The van der Waals surface area contributed by atoms with Crippen LogP contribution in [0.5, 0.6) is 0 Å². The number of benzene rings is 2. The van der Waals surface area contributed by atoms with Gasteiger partial charge in [0.25, 0.3) is 22.7 Å². The molecule has 0 aliphatic heterocycles. The molecule has 2 aromatic carbocycles. The Morgan fingerprint density at radius 1 is 0.786 bits per heavy atom. The zero-order valence-corrected chi connectivity index (χ0v) is 22.0. The first kappa shape index (κ1) is 29.9. The summed E-state index contributed by atoms with van der Waals surface area (Å²) in [7, 11) is 0. The molecule has 1 N–H and O–H groups in total. The third-order valence-electron chi connectivity index (χ3n) is 8.20. The quantitative estimate of drug-likeness (QED) is 0.247. The Morgan fingerprint density at radius 3 is 1.69 bits per heavy atom. The van der Waals surface area contributed by atoms with Crippen LogP contribution in [-0.4, -0.2) is 55.1 Å². The number of carbonyl (C=O) groups excluding carboxylic acids is 2. The van der Waals surface area contributed by atoms with Crippen LogP contribution in [0.2, 0.25) is 0 Å². The second-order valence-electron chi connectivity index (χ2n) is 10.5. The van der Waals surface area contributed by atoms with E-state index in [0.29, 0.717) is 37.8 Å². The Morgan fingerprint density at radius 2 is 1.24 bits per heavy atom. The van der Waals surface area contributed by atoms with Gasteiger partial charge in [-0.2, -0.15) is 0 Å². The van der Waals surface area contributed by atoms with Gasteiger partial charge >= 0.3 is 11.9 Å². The van der Waals surface area contributed by atoms with Gasteiger partial charge in [-0.25, -0.2) is 9.59 Å². The molecule has 222 valence electrons. The number of hydrogen-bond acceptors (Lipinski definition) is 13. The minimum absolute atomic E-state index is 0.254. The highest BCUT2D eigenvalue weighted by Gasteiger charge is 2.63. The molecular formula is C25H24N4O13. The zero-order valence-electron chi connectivity index (χ0n) is 22.0. The van der Waals surface area contributed by atoms with Gasteiger partial charge in [-0.1, -0.05) is 6.92 Å². The molecule has 0 spiro atoms. The molecule has 2 aromatic rings. The van der Waals surface area contributed by atoms with E-state index < -0.39 is 88.5 Å². The molecule has 0 heterocycles. The van der Waals surface area contributed by atoms with Crippen molar-refractivity contribution in [2.75, 3.05) is 6.61 Å². The van der Waals surface area contributed by atoms with E-state index in [1.807, 2.05) is 0 Å². The van der Waals surface area contributed by atoms with Crippen LogP contribution in [0.1, 0.15) is 59.7 Å². The molecule has 0 aromatic heterocycles. The summed E-state index contributed by atoms with van der Waals surface area (Å²) in [6.45, 7) is 1.35. The summed E-state index contributed by atoms with van der Waals surface area (Å²) in [6, 6.07) is 4.83. The maximum atomic E-state index is 13.0. The highest BCUT2D eigenvalue weighted by atomic mass is 16.6. The maximum absolute atomic E-state index is 13.0. The van der Waals surface area contributed by atoms with Crippen molar-refractivity contribution in [2.45, 2.75) is 50.7 Å². The molecule has 0 unspecified atom stereocenters. The molecule has 42 heavy (non-hydrogen) atoms. The van der Waals surface area contributed by atoms with E-state index in [-0.39, 0.29) is 13.0 Å². The molecule has 0 bridgehead atoms. The lowest BCUT2D eigenvalue weighted by atomic mass is 9.62. The number of non-ortho nitro benzene ring substituents is 4. The molecule has 2 aliphatic rings. The number of aliphatic hydroxyl groups is 1. The van der Waals surface area contributed by atoms with Crippen LogP contribution in [0, 0.1) is 51.8 Å². The maximum Gasteiger partial charge on any atom is 0.338 e. The first-order valence-corrected chi connectivity index (χ1v) is 12.6. The van der Waals surface area contributed by atoms with Crippen molar-refractivity contribution in [1.82, 2.24) is 0 Å². The molecule has 4 atom stereocenters. The summed E-state index contributed by atoms with van der Waals surface area (Å²) < 4.78 is 11.0. The fourth-order valence-corrected chi connectivity index (χ4v) is 5.92. The van der Waals surface area contributed by atoms with Crippen LogP contribution in [-0.2, 0) is 9.47 Å². The highest BCUT2D eigenvalue weighted by molar-refractivity contribution is 5.91. The monoisotopic (exact) mass is 588 g/mol. The first-order chi connectivity index (χ1) is 19.7. The van der Waals surface area contributed by atoms with Crippen molar-refractivity contribution in [3.05, 3.63) is 88.0 Å². The Bertz CT molecular complexity index is 1450. The van der Waals surface area contributed by atoms with Crippen LogP contribution in [0.25, 0.3) is 0 Å². The Balaban J connectivity index is 1.51. The van der Waals surface area contributed by atoms with Crippen molar-refractivity contribution in [3.8, 4) is 0 Å². The van der Waals surface area contributed by atoms with E-state index in [2.05, 4.69) is 0 Å². The number of nitro groups is 4. The fraction of sp³-hybridized carbons (Fsp3) is 0.440. The van der Waals surface area contributed by atoms with Gasteiger partial charge in [-0.05, 0) is 32.1 Å². The SMILES string of the molecule is C[C@]12CC[C@H](COC(=O)c3cc([N+](=O)[O-])cc([N+](=O)[O-])c3)[C@@]1(O)CCC[C@H]2OC(=O)c1cc([N+](=O)[O-])cc([N+](=O)[O-])c1. The van der Waals surface area contributed by atoms with Gasteiger partial charge in [0.1, 0.15) is 6.10 Å². The minimum atomic E-state index is -1.50. The van der Waals surface area contributed by atoms with E-state index in [4.69, 9.17) is 9.47 Å². The van der Waals surface area contributed by atoms with Crippen LogP contribution < -0.4 is 0 Å². The van der Waals surface area contributed by atoms with E-state index >= 15 is 0 Å². The lowest BCUT2D eigenvalue weighted by Crippen LogP contribution is -2.57. The molecule has 0 radical (unpaired) electrons. The van der Waals surface area contributed by atoms with Gasteiger partial charge in [-0.15, -0.1) is 0 Å².